The van der Waals surface area contributed by atoms with Crippen molar-refractivity contribution < 1.29 is 9.50 Å². The molecule has 1 atom stereocenters. The van der Waals surface area contributed by atoms with E-state index in [0.29, 0.717) is 6.42 Å². The van der Waals surface area contributed by atoms with Gasteiger partial charge in [0.1, 0.15) is 5.82 Å². The van der Waals surface area contributed by atoms with Crippen LogP contribution in [0.15, 0.2) is 24.3 Å². The predicted octanol–water partition coefficient (Wildman–Crippen LogP) is 2.46. The third-order valence-electron chi connectivity index (χ3n) is 2.67. The molecule has 0 saturated heterocycles. The minimum Gasteiger partial charge on any atom is -0.396 e. The number of benzene rings is 1. The summed E-state index contributed by atoms with van der Waals surface area (Å²) in [5.41, 5.74) is 0.769. The Kier molecular flexibility index (Phi) is 8.05. The molecule has 18 heavy (non-hydrogen) atoms. The van der Waals surface area contributed by atoms with E-state index in [-0.39, 0.29) is 18.5 Å². The molecular formula is C14H22FNOS. The highest BCUT2D eigenvalue weighted by Crippen LogP contribution is 2.09. The van der Waals surface area contributed by atoms with Gasteiger partial charge in [-0.15, -0.1) is 0 Å². The molecular weight excluding hydrogens is 249 g/mol. The van der Waals surface area contributed by atoms with Gasteiger partial charge in [-0.2, -0.15) is 11.8 Å². The van der Waals surface area contributed by atoms with E-state index >= 15 is 0 Å². The fourth-order valence-electron chi connectivity index (χ4n) is 1.71. The number of aliphatic hydroxyl groups excluding tert-OH is 1. The first-order valence-corrected chi connectivity index (χ1v) is 7.55. The molecule has 0 aromatic heterocycles. The van der Waals surface area contributed by atoms with Crippen molar-refractivity contribution in [2.75, 3.05) is 24.7 Å². The highest BCUT2D eigenvalue weighted by Gasteiger charge is 2.06. The predicted molar refractivity (Wildman–Crippen MR) is 76.6 cm³/mol. The molecule has 0 aliphatic heterocycles. The molecule has 0 saturated carbocycles. The van der Waals surface area contributed by atoms with E-state index in [2.05, 4.69) is 12.2 Å². The molecule has 0 spiro atoms. The van der Waals surface area contributed by atoms with E-state index in [1.54, 1.807) is 6.07 Å². The quantitative estimate of drug-likeness (QED) is 0.677. The number of thioether (sulfide) groups is 1. The van der Waals surface area contributed by atoms with Gasteiger partial charge in [-0.3, -0.25) is 0 Å². The summed E-state index contributed by atoms with van der Waals surface area (Å²) in [5.74, 6) is 1.91. The van der Waals surface area contributed by atoms with Crippen LogP contribution >= 0.6 is 11.8 Å². The summed E-state index contributed by atoms with van der Waals surface area (Å²) in [6.45, 7) is 3.26. The van der Waals surface area contributed by atoms with Crippen LogP contribution in [-0.4, -0.2) is 35.8 Å². The number of hydrogen-bond donors (Lipinski definition) is 2. The first-order valence-electron chi connectivity index (χ1n) is 6.39. The Hall–Kier alpha value is -0.580. The van der Waals surface area contributed by atoms with Crippen molar-refractivity contribution in [3.05, 3.63) is 35.6 Å². The van der Waals surface area contributed by atoms with Gasteiger partial charge in [0.2, 0.25) is 0 Å². The van der Waals surface area contributed by atoms with Crippen molar-refractivity contribution in [2.45, 2.75) is 25.8 Å². The monoisotopic (exact) mass is 271 g/mol. The Morgan fingerprint density at radius 1 is 1.33 bits per heavy atom. The molecule has 2 nitrogen and oxygen atoms in total. The van der Waals surface area contributed by atoms with Crippen LogP contribution in [0.2, 0.25) is 0 Å². The standard InChI is InChI=1S/C14H22FNOS/c1-12(16-7-10-18-9-4-8-17)11-13-5-2-3-6-14(13)15/h2-3,5-6,12,16-17H,4,7-11H2,1H3. The fourth-order valence-corrected chi connectivity index (χ4v) is 2.51. The summed E-state index contributed by atoms with van der Waals surface area (Å²) in [4.78, 5) is 0. The average molecular weight is 271 g/mol. The number of nitrogens with one attached hydrogen (secondary N) is 1. The van der Waals surface area contributed by atoms with Crippen molar-refractivity contribution in [3.63, 3.8) is 0 Å². The van der Waals surface area contributed by atoms with Crippen LogP contribution in [0.1, 0.15) is 18.9 Å². The van der Waals surface area contributed by atoms with Crippen molar-refractivity contribution in [2.24, 2.45) is 0 Å². The van der Waals surface area contributed by atoms with Crippen LogP contribution in [0.3, 0.4) is 0 Å². The summed E-state index contributed by atoms with van der Waals surface area (Å²) < 4.78 is 13.4. The van der Waals surface area contributed by atoms with E-state index in [1.807, 2.05) is 23.9 Å². The first-order chi connectivity index (χ1) is 8.74. The summed E-state index contributed by atoms with van der Waals surface area (Å²) in [5, 5.41) is 12.0. The maximum atomic E-state index is 13.4. The van der Waals surface area contributed by atoms with Crippen molar-refractivity contribution in [3.8, 4) is 0 Å². The summed E-state index contributed by atoms with van der Waals surface area (Å²) >= 11 is 1.83. The Bertz CT molecular complexity index is 335. The zero-order valence-electron chi connectivity index (χ0n) is 10.9. The maximum Gasteiger partial charge on any atom is 0.126 e. The van der Waals surface area contributed by atoms with Crippen molar-refractivity contribution >= 4 is 11.8 Å². The average Bonchev–Trinajstić information content (AvgIpc) is 2.36. The maximum absolute atomic E-state index is 13.4. The van der Waals surface area contributed by atoms with Gasteiger partial charge in [-0.25, -0.2) is 4.39 Å². The number of aliphatic hydroxyl groups is 1. The Morgan fingerprint density at radius 2 is 2.11 bits per heavy atom. The van der Waals surface area contributed by atoms with Gasteiger partial charge in [0.25, 0.3) is 0 Å². The van der Waals surface area contributed by atoms with Crippen molar-refractivity contribution in [1.29, 1.82) is 0 Å². The van der Waals surface area contributed by atoms with E-state index in [0.717, 1.165) is 30.0 Å². The Balaban J connectivity index is 2.14. The van der Waals surface area contributed by atoms with Gasteiger partial charge in [0.05, 0.1) is 0 Å². The molecule has 1 rings (SSSR count). The van der Waals surface area contributed by atoms with Crippen LogP contribution in [-0.2, 0) is 6.42 Å². The minimum absolute atomic E-state index is 0.122. The third kappa shape index (κ3) is 6.38. The van der Waals surface area contributed by atoms with E-state index in [1.165, 1.54) is 6.07 Å². The fraction of sp³-hybridized carbons (Fsp3) is 0.571. The Morgan fingerprint density at radius 3 is 2.83 bits per heavy atom. The van der Waals surface area contributed by atoms with E-state index in [9.17, 15) is 4.39 Å². The SMILES string of the molecule is CC(Cc1ccccc1F)NCCSCCCO. The lowest BCUT2D eigenvalue weighted by Crippen LogP contribution is -2.30. The molecule has 0 amide bonds. The zero-order chi connectivity index (χ0) is 13.2. The summed E-state index contributed by atoms with van der Waals surface area (Å²) in [6, 6.07) is 7.21. The second-order valence-corrected chi connectivity index (χ2v) is 5.56. The topological polar surface area (TPSA) is 32.3 Å². The van der Waals surface area contributed by atoms with Gasteiger partial charge in [-0.1, -0.05) is 18.2 Å². The van der Waals surface area contributed by atoms with E-state index < -0.39 is 0 Å². The molecule has 1 unspecified atom stereocenters. The molecule has 4 heteroatoms. The van der Waals surface area contributed by atoms with Crippen LogP contribution in [0.4, 0.5) is 4.39 Å². The lowest BCUT2D eigenvalue weighted by atomic mass is 10.1. The highest BCUT2D eigenvalue weighted by atomic mass is 32.2. The smallest absolute Gasteiger partial charge is 0.126 e. The normalized spacial score (nSPS) is 12.6. The second kappa shape index (κ2) is 9.36. The van der Waals surface area contributed by atoms with Crippen LogP contribution in [0.5, 0.6) is 0 Å². The van der Waals surface area contributed by atoms with Crippen LogP contribution < -0.4 is 5.32 Å². The number of halogens is 1. The molecule has 0 bridgehead atoms. The minimum atomic E-state index is -0.122. The summed E-state index contributed by atoms with van der Waals surface area (Å²) in [6.07, 6.45) is 1.57. The molecule has 0 radical (unpaired) electrons. The van der Waals surface area contributed by atoms with Crippen LogP contribution in [0, 0.1) is 5.82 Å². The van der Waals surface area contributed by atoms with Gasteiger partial charge in [0.15, 0.2) is 0 Å². The molecule has 1 aromatic rings. The molecule has 102 valence electrons. The molecule has 0 aliphatic carbocycles. The van der Waals surface area contributed by atoms with Crippen LogP contribution in [0.25, 0.3) is 0 Å². The molecule has 0 aliphatic rings. The highest BCUT2D eigenvalue weighted by molar-refractivity contribution is 7.99. The molecule has 0 heterocycles. The molecule has 0 fully saturated rings. The zero-order valence-corrected chi connectivity index (χ0v) is 11.7. The van der Waals surface area contributed by atoms with Crippen molar-refractivity contribution in [1.82, 2.24) is 5.32 Å². The lowest BCUT2D eigenvalue weighted by molar-refractivity contribution is 0.296. The van der Waals surface area contributed by atoms with Gasteiger partial charge in [-0.05, 0) is 37.1 Å². The lowest BCUT2D eigenvalue weighted by Gasteiger charge is -2.14. The van der Waals surface area contributed by atoms with Gasteiger partial charge >= 0.3 is 0 Å². The molecule has 2 N–H and O–H groups in total. The van der Waals surface area contributed by atoms with Gasteiger partial charge in [0, 0.05) is 24.9 Å². The Labute approximate surface area is 113 Å². The first kappa shape index (κ1) is 15.5. The number of rotatable bonds is 9. The largest absolute Gasteiger partial charge is 0.396 e. The number of hydrogen-bond acceptors (Lipinski definition) is 3. The van der Waals surface area contributed by atoms with E-state index in [4.69, 9.17) is 5.11 Å². The summed E-state index contributed by atoms with van der Waals surface area (Å²) in [7, 11) is 0. The third-order valence-corrected chi connectivity index (χ3v) is 3.74. The molecule has 1 aromatic carbocycles. The second-order valence-electron chi connectivity index (χ2n) is 4.34. The van der Waals surface area contributed by atoms with Gasteiger partial charge < -0.3 is 10.4 Å².